The molecule has 0 bridgehead atoms. The van der Waals surface area contributed by atoms with Gasteiger partial charge in [0.1, 0.15) is 5.75 Å². The van der Waals surface area contributed by atoms with Crippen molar-refractivity contribution in [2.24, 2.45) is 0 Å². The second-order valence-electron chi connectivity index (χ2n) is 3.22. The Labute approximate surface area is 106 Å². The molecule has 0 spiro atoms. The van der Waals surface area contributed by atoms with Gasteiger partial charge in [-0.25, -0.2) is 0 Å². The highest BCUT2D eigenvalue weighted by atomic mass is 79.9. The van der Waals surface area contributed by atoms with Crippen LogP contribution < -0.4 is 4.74 Å². The number of carbonyl (C=O) groups is 1. The van der Waals surface area contributed by atoms with E-state index in [1.807, 2.05) is 19.1 Å². The van der Waals surface area contributed by atoms with E-state index in [0.29, 0.717) is 17.5 Å². The highest BCUT2D eigenvalue weighted by Gasteiger charge is 2.03. The van der Waals surface area contributed by atoms with Gasteiger partial charge in [0, 0.05) is 5.56 Å². The molecule has 0 atom stereocenters. The molecule has 16 heavy (non-hydrogen) atoms. The first-order valence-corrected chi connectivity index (χ1v) is 6.63. The van der Waals surface area contributed by atoms with Gasteiger partial charge in [0.05, 0.1) is 11.9 Å². The van der Waals surface area contributed by atoms with Crippen molar-refractivity contribution in [1.29, 1.82) is 0 Å². The summed E-state index contributed by atoms with van der Waals surface area (Å²) in [7, 11) is 0. The number of Topliss-reactive ketones (excluding diaryl/α,β-unsaturated/α-hetero) is 1. The van der Waals surface area contributed by atoms with E-state index in [1.54, 1.807) is 12.1 Å². The van der Waals surface area contributed by atoms with Gasteiger partial charge in [-0.2, -0.15) is 0 Å². The summed E-state index contributed by atoms with van der Waals surface area (Å²) in [4.78, 5) is 11.3. The van der Waals surface area contributed by atoms with Crippen LogP contribution in [0.1, 0.15) is 37.6 Å². The van der Waals surface area contributed by atoms with Crippen LogP contribution >= 0.6 is 15.9 Å². The number of ketones is 1. The topological polar surface area (TPSA) is 26.3 Å². The number of halogens is 1. The second-order valence-corrected chi connectivity index (χ2v) is 3.79. The third kappa shape index (κ3) is 5.91. The molecule has 0 aromatic heterocycles. The monoisotopic (exact) mass is 286 g/mol. The minimum atomic E-state index is 0.0709. The zero-order chi connectivity index (χ0) is 12.4. The van der Waals surface area contributed by atoms with Crippen LogP contribution in [-0.4, -0.2) is 17.7 Å². The predicted octanol–water partition coefficient (Wildman–Crippen LogP) is 4.08. The first-order chi connectivity index (χ1) is 7.69. The fourth-order valence-electron chi connectivity index (χ4n) is 1.00. The number of ether oxygens (including phenoxy) is 1. The minimum Gasteiger partial charge on any atom is -0.494 e. The average Bonchev–Trinajstić information content (AvgIpc) is 2.30. The van der Waals surface area contributed by atoms with Gasteiger partial charge in [0.2, 0.25) is 0 Å². The highest BCUT2D eigenvalue weighted by molar-refractivity contribution is 9.09. The molecule has 0 aliphatic heterocycles. The summed E-state index contributed by atoms with van der Waals surface area (Å²) in [5, 5.41) is 0.350. The van der Waals surface area contributed by atoms with Gasteiger partial charge in [-0.1, -0.05) is 48.3 Å². The second kappa shape index (κ2) is 9.40. The molecule has 2 nitrogen and oxygen atoms in total. The van der Waals surface area contributed by atoms with Crippen molar-refractivity contribution in [2.75, 3.05) is 11.9 Å². The van der Waals surface area contributed by atoms with Crippen molar-refractivity contribution in [2.45, 2.75) is 27.2 Å². The zero-order valence-electron chi connectivity index (χ0n) is 10.1. The lowest BCUT2D eigenvalue weighted by atomic mass is 10.1. The van der Waals surface area contributed by atoms with Crippen LogP contribution in [0.2, 0.25) is 0 Å². The summed E-state index contributed by atoms with van der Waals surface area (Å²) in [5.41, 5.74) is 0.683. The van der Waals surface area contributed by atoms with Crippen LogP contribution in [0, 0.1) is 0 Å². The predicted molar refractivity (Wildman–Crippen MR) is 71.7 cm³/mol. The molecule has 1 rings (SSSR count). The van der Waals surface area contributed by atoms with Crippen molar-refractivity contribution in [3.8, 4) is 5.75 Å². The molecule has 0 aliphatic carbocycles. The van der Waals surface area contributed by atoms with E-state index in [1.165, 1.54) is 6.42 Å². The Balaban J connectivity index is 0.000000673. The Morgan fingerprint density at radius 3 is 2.44 bits per heavy atom. The molecule has 1 aromatic carbocycles. The van der Waals surface area contributed by atoms with E-state index in [-0.39, 0.29) is 5.78 Å². The molecule has 0 amide bonds. The molecule has 0 aliphatic rings. The van der Waals surface area contributed by atoms with Crippen LogP contribution in [0.15, 0.2) is 24.3 Å². The van der Waals surface area contributed by atoms with Crippen molar-refractivity contribution in [1.82, 2.24) is 0 Å². The number of hydrogen-bond acceptors (Lipinski definition) is 2. The van der Waals surface area contributed by atoms with E-state index < -0.39 is 0 Å². The summed E-state index contributed by atoms with van der Waals surface area (Å²) in [5.74, 6) is 0.816. The summed E-state index contributed by atoms with van der Waals surface area (Å²) < 4.78 is 5.27. The third-order valence-electron chi connectivity index (χ3n) is 1.59. The van der Waals surface area contributed by atoms with Gasteiger partial charge in [-0.3, -0.25) is 4.79 Å². The number of hydrogen-bond donors (Lipinski definition) is 0. The van der Waals surface area contributed by atoms with Crippen LogP contribution in [0.4, 0.5) is 0 Å². The Bertz CT molecular complexity index is 311. The molecule has 0 N–H and O–H groups in total. The lowest BCUT2D eigenvalue weighted by Gasteiger charge is -2.03. The zero-order valence-corrected chi connectivity index (χ0v) is 11.7. The summed E-state index contributed by atoms with van der Waals surface area (Å²) in [6, 6.07) is 7.20. The standard InChI is InChI=1S/C10H11BrO2.C3H8/c1-2-13-9-5-3-4-8(6-9)10(12)7-11;1-3-2/h3-6H,2,7H2,1H3;3H2,1-2H3. The van der Waals surface area contributed by atoms with Crippen LogP contribution in [0.3, 0.4) is 0 Å². The maximum Gasteiger partial charge on any atom is 0.173 e. The number of benzene rings is 1. The molecular formula is C13H19BrO2. The number of carbonyl (C=O) groups excluding carboxylic acids is 1. The van der Waals surface area contributed by atoms with Gasteiger partial charge in [0.25, 0.3) is 0 Å². The maximum absolute atomic E-state index is 11.3. The molecule has 0 saturated carbocycles. The van der Waals surface area contributed by atoms with Gasteiger partial charge < -0.3 is 4.74 Å². The van der Waals surface area contributed by atoms with Crippen LogP contribution in [0.5, 0.6) is 5.75 Å². The Kier molecular flexibility index (Phi) is 8.91. The molecule has 3 heteroatoms. The molecular weight excluding hydrogens is 268 g/mol. The first kappa shape index (κ1) is 15.2. The lowest BCUT2D eigenvalue weighted by molar-refractivity contribution is 0.102. The van der Waals surface area contributed by atoms with E-state index in [2.05, 4.69) is 29.8 Å². The van der Waals surface area contributed by atoms with Crippen molar-refractivity contribution < 1.29 is 9.53 Å². The highest BCUT2D eigenvalue weighted by Crippen LogP contribution is 2.14. The normalized spacial score (nSPS) is 9.00. The molecule has 0 fully saturated rings. The van der Waals surface area contributed by atoms with Gasteiger partial charge in [-0.15, -0.1) is 0 Å². The number of rotatable bonds is 4. The van der Waals surface area contributed by atoms with Crippen molar-refractivity contribution in [3.63, 3.8) is 0 Å². The van der Waals surface area contributed by atoms with Crippen molar-refractivity contribution in [3.05, 3.63) is 29.8 Å². The SMILES string of the molecule is CCC.CCOc1cccc(C(=O)CBr)c1. The van der Waals surface area contributed by atoms with Gasteiger partial charge >= 0.3 is 0 Å². The van der Waals surface area contributed by atoms with Crippen LogP contribution in [-0.2, 0) is 0 Å². The van der Waals surface area contributed by atoms with Gasteiger partial charge in [0.15, 0.2) is 5.78 Å². The largest absolute Gasteiger partial charge is 0.494 e. The average molecular weight is 287 g/mol. The molecule has 0 heterocycles. The van der Waals surface area contributed by atoms with E-state index in [9.17, 15) is 4.79 Å². The molecule has 0 saturated heterocycles. The maximum atomic E-state index is 11.3. The van der Waals surface area contributed by atoms with Crippen LogP contribution in [0.25, 0.3) is 0 Å². The minimum absolute atomic E-state index is 0.0709. The molecule has 0 unspecified atom stereocenters. The first-order valence-electron chi connectivity index (χ1n) is 5.51. The molecule has 90 valence electrons. The summed E-state index contributed by atoms with van der Waals surface area (Å²) in [6.45, 7) is 6.78. The smallest absolute Gasteiger partial charge is 0.173 e. The lowest BCUT2D eigenvalue weighted by Crippen LogP contribution is -2.00. The van der Waals surface area contributed by atoms with E-state index in [0.717, 1.165) is 5.75 Å². The fraction of sp³-hybridized carbons (Fsp3) is 0.462. The summed E-state index contributed by atoms with van der Waals surface area (Å²) in [6.07, 6.45) is 1.25. The quantitative estimate of drug-likeness (QED) is 0.616. The Morgan fingerprint density at radius 2 is 1.94 bits per heavy atom. The Hall–Kier alpha value is -0.830. The van der Waals surface area contributed by atoms with E-state index in [4.69, 9.17) is 4.74 Å². The molecule has 1 aromatic rings. The van der Waals surface area contributed by atoms with Gasteiger partial charge in [-0.05, 0) is 19.1 Å². The number of alkyl halides is 1. The third-order valence-corrected chi connectivity index (χ3v) is 2.10. The van der Waals surface area contributed by atoms with Crippen molar-refractivity contribution >= 4 is 21.7 Å². The Morgan fingerprint density at radius 1 is 1.31 bits per heavy atom. The van der Waals surface area contributed by atoms with E-state index >= 15 is 0 Å². The summed E-state index contributed by atoms with van der Waals surface area (Å²) >= 11 is 3.12. The fourth-order valence-corrected chi connectivity index (χ4v) is 1.33. The molecule has 0 radical (unpaired) electrons.